The summed E-state index contributed by atoms with van der Waals surface area (Å²) in [6, 6.07) is 5.39. The van der Waals surface area contributed by atoms with Gasteiger partial charge in [0.15, 0.2) is 0 Å². The Morgan fingerprint density at radius 2 is 2.07 bits per heavy atom. The largest absolute Gasteiger partial charge is 0.496 e. The molecule has 3 nitrogen and oxygen atoms in total. The van der Waals surface area contributed by atoms with Gasteiger partial charge in [-0.2, -0.15) is 8.42 Å². The Bertz CT molecular complexity index is 440. The number of methoxy groups -OCH3 is 1. The third-order valence-corrected chi connectivity index (χ3v) is 2.74. The van der Waals surface area contributed by atoms with Crippen molar-refractivity contribution in [3.05, 3.63) is 29.3 Å². The fourth-order valence-electron chi connectivity index (χ4n) is 1.33. The second kappa shape index (κ2) is 4.61. The minimum absolute atomic E-state index is 0.129. The first-order chi connectivity index (χ1) is 6.92. The summed E-state index contributed by atoms with van der Waals surface area (Å²) in [5.41, 5.74) is 1.70. The fourth-order valence-corrected chi connectivity index (χ4v) is 1.80. The molecule has 1 aromatic rings. The number of benzene rings is 1. The smallest absolute Gasteiger partial charge is 0.302 e. The van der Waals surface area contributed by atoms with Gasteiger partial charge in [-0.25, -0.2) is 0 Å². The summed E-state index contributed by atoms with van der Waals surface area (Å²) in [4.78, 5) is 0. The van der Waals surface area contributed by atoms with Crippen LogP contribution in [0.4, 0.5) is 3.89 Å². The highest BCUT2D eigenvalue weighted by molar-refractivity contribution is 7.86. The van der Waals surface area contributed by atoms with Crippen molar-refractivity contribution in [1.82, 2.24) is 0 Å². The molecule has 0 N–H and O–H groups in total. The van der Waals surface area contributed by atoms with Crippen LogP contribution in [0, 0.1) is 6.92 Å². The lowest BCUT2D eigenvalue weighted by atomic mass is 10.1. The zero-order valence-electron chi connectivity index (χ0n) is 8.66. The van der Waals surface area contributed by atoms with Crippen LogP contribution in [0.2, 0.25) is 0 Å². The maximum Gasteiger partial charge on any atom is 0.302 e. The van der Waals surface area contributed by atoms with Crippen LogP contribution in [0.3, 0.4) is 0 Å². The molecule has 5 heteroatoms. The first-order valence-electron chi connectivity index (χ1n) is 4.48. The number of ether oxygens (including phenoxy) is 1. The number of hydrogen-bond acceptors (Lipinski definition) is 3. The first kappa shape index (κ1) is 12.0. The van der Waals surface area contributed by atoms with Crippen LogP contribution < -0.4 is 4.74 Å². The highest BCUT2D eigenvalue weighted by atomic mass is 32.3. The molecule has 0 saturated carbocycles. The average molecular weight is 232 g/mol. The lowest BCUT2D eigenvalue weighted by Gasteiger charge is -2.07. The van der Waals surface area contributed by atoms with E-state index in [1.165, 1.54) is 7.11 Å². The third kappa shape index (κ3) is 3.87. The van der Waals surface area contributed by atoms with E-state index >= 15 is 0 Å². The van der Waals surface area contributed by atoms with E-state index in [9.17, 15) is 12.3 Å². The van der Waals surface area contributed by atoms with E-state index in [-0.39, 0.29) is 6.42 Å². The topological polar surface area (TPSA) is 43.4 Å². The molecule has 0 unspecified atom stereocenters. The van der Waals surface area contributed by atoms with Crippen LogP contribution in [0.5, 0.6) is 5.75 Å². The highest BCUT2D eigenvalue weighted by Gasteiger charge is 2.10. The van der Waals surface area contributed by atoms with E-state index < -0.39 is 16.0 Å². The first-order valence-corrected chi connectivity index (χ1v) is 6.03. The highest BCUT2D eigenvalue weighted by Crippen LogP contribution is 2.20. The predicted octanol–water partition coefficient (Wildman–Crippen LogP) is 1.85. The summed E-state index contributed by atoms with van der Waals surface area (Å²) in [5.74, 6) is 0.0801. The molecular formula is C10H13FO3S. The van der Waals surface area contributed by atoms with Gasteiger partial charge in [-0.15, -0.1) is 3.89 Å². The Morgan fingerprint density at radius 1 is 1.40 bits per heavy atom. The standard InChI is InChI=1S/C10H13FO3S/c1-8-3-4-10(14-2)9(7-8)5-6-15(11,12)13/h3-4,7H,5-6H2,1-2H3. The van der Waals surface area contributed by atoms with Crippen molar-refractivity contribution in [3.63, 3.8) is 0 Å². The molecule has 0 aliphatic heterocycles. The van der Waals surface area contributed by atoms with Crippen LogP contribution in [0.1, 0.15) is 11.1 Å². The summed E-state index contributed by atoms with van der Waals surface area (Å²) in [6.07, 6.45) is 0.129. The molecule has 0 bridgehead atoms. The molecule has 15 heavy (non-hydrogen) atoms. The van der Waals surface area contributed by atoms with Crippen LogP contribution in [-0.4, -0.2) is 21.3 Å². The Morgan fingerprint density at radius 3 is 2.60 bits per heavy atom. The van der Waals surface area contributed by atoms with Gasteiger partial charge in [0.25, 0.3) is 0 Å². The summed E-state index contributed by atoms with van der Waals surface area (Å²) >= 11 is 0. The molecule has 0 aromatic heterocycles. The second-order valence-electron chi connectivity index (χ2n) is 3.31. The molecule has 1 aromatic carbocycles. The Balaban J connectivity index is 2.88. The number of hydrogen-bond donors (Lipinski definition) is 0. The van der Waals surface area contributed by atoms with Gasteiger partial charge in [-0.3, -0.25) is 0 Å². The molecule has 0 atom stereocenters. The zero-order chi connectivity index (χ0) is 11.5. The van der Waals surface area contributed by atoms with Gasteiger partial charge in [0.05, 0.1) is 12.9 Å². The van der Waals surface area contributed by atoms with Crippen molar-refractivity contribution in [2.45, 2.75) is 13.3 Å². The van der Waals surface area contributed by atoms with E-state index in [2.05, 4.69) is 0 Å². The molecule has 0 radical (unpaired) electrons. The molecule has 0 heterocycles. The minimum Gasteiger partial charge on any atom is -0.496 e. The van der Waals surface area contributed by atoms with E-state index in [0.29, 0.717) is 11.3 Å². The summed E-state index contributed by atoms with van der Waals surface area (Å²) in [5, 5.41) is 0. The quantitative estimate of drug-likeness (QED) is 0.744. The molecule has 0 amide bonds. The van der Waals surface area contributed by atoms with Gasteiger partial charge in [0.2, 0.25) is 0 Å². The summed E-state index contributed by atoms with van der Waals surface area (Å²) < 4.78 is 38.2. The molecule has 0 fully saturated rings. The maximum absolute atomic E-state index is 12.3. The third-order valence-electron chi connectivity index (χ3n) is 2.05. The van der Waals surface area contributed by atoms with Crippen molar-refractivity contribution < 1.29 is 17.0 Å². The van der Waals surface area contributed by atoms with Crippen molar-refractivity contribution in [2.75, 3.05) is 12.9 Å². The van der Waals surface area contributed by atoms with E-state index in [1.807, 2.05) is 13.0 Å². The van der Waals surface area contributed by atoms with Gasteiger partial charge in [0.1, 0.15) is 5.75 Å². The van der Waals surface area contributed by atoms with Crippen LogP contribution >= 0.6 is 0 Å². The van der Waals surface area contributed by atoms with E-state index in [0.717, 1.165) is 5.56 Å². The fraction of sp³-hybridized carbons (Fsp3) is 0.400. The predicted molar refractivity (Wildman–Crippen MR) is 56.3 cm³/mol. The Hall–Kier alpha value is -1.10. The van der Waals surface area contributed by atoms with Gasteiger partial charge < -0.3 is 4.74 Å². The Kier molecular flexibility index (Phi) is 3.68. The average Bonchev–Trinajstić information content (AvgIpc) is 2.14. The molecule has 84 valence electrons. The van der Waals surface area contributed by atoms with E-state index in [1.54, 1.807) is 12.1 Å². The molecule has 0 aliphatic carbocycles. The van der Waals surface area contributed by atoms with Crippen molar-refractivity contribution >= 4 is 10.2 Å². The number of rotatable bonds is 4. The maximum atomic E-state index is 12.3. The molecular weight excluding hydrogens is 219 g/mol. The molecule has 0 saturated heterocycles. The minimum atomic E-state index is -4.42. The SMILES string of the molecule is COc1ccc(C)cc1CCS(=O)(=O)F. The van der Waals surface area contributed by atoms with Crippen LogP contribution in [0.25, 0.3) is 0 Å². The van der Waals surface area contributed by atoms with E-state index in [4.69, 9.17) is 4.74 Å². The normalized spacial score (nSPS) is 11.4. The summed E-state index contributed by atoms with van der Waals surface area (Å²) in [6.45, 7) is 1.88. The second-order valence-corrected chi connectivity index (χ2v) is 4.79. The van der Waals surface area contributed by atoms with Crippen molar-refractivity contribution in [3.8, 4) is 5.75 Å². The molecule has 0 aliphatic rings. The van der Waals surface area contributed by atoms with Gasteiger partial charge >= 0.3 is 10.2 Å². The van der Waals surface area contributed by atoms with Gasteiger partial charge in [0, 0.05) is 0 Å². The number of aryl methyl sites for hydroxylation is 2. The van der Waals surface area contributed by atoms with Crippen LogP contribution in [0.15, 0.2) is 18.2 Å². The van der Waals surface area contributed by atoms with Crippen molar-refractivity contribution in [1.29, 1.82) is 0 Å². The zero-order valence-corrected chi connectivity index (χ0v) is 9.47. The van der Waals surface area contributed by atoms with Crippen LogP contribution in [-0.2, 0) is 16.6 Å². The monoisotopic (exact) mass is 232 g/mol. The van der Waals surface area contributed by atoms with Crippen molar-refractivity contribution in [2.24, 2.45) is 0 Å². The Labute approximate surface area is 89.1 Å². The molecule has 1 rings (SSSR count). The molecule has 0 spiro atoms. The number of halogens is 1. The van der Waals surface area contributed by atoms with Gasteiger partial charge in [-0.05, 0) is 25.0 Å². The lowest BCUT2D eigenvalue weighted by molar-refractivity contribution is 0.410. The summed E-state index contributed by atoms with van der Waals surface area (Å²) in [7, 11) is -2.92. The lowest BCUT2D eigenvalue weighted by Crippen LogP contribution is -2.03. The van der Waals surface area contributed by atoms with Gasteiger partial charge in [-0.1, -0.05) is 17.7 Å².